The highest BCUT2D eigenvalue weighted by Gasteiger charge is 2.30. The second-order valence-corrected chi connectivity index (χ2v) is 12.9. The molecule has 3 fully saturated rings. The van der Waals surface area contributed by atoms with Gasteiger partial charge in [0.2, 0.25) is 11.8 Å². The standard InChI is InChI=1S/C32H38BrN7O3/c1-38-16-23(13-24(17-38)36-28-15-35-39(2)32(43)30(28)33)21-5-3-20(4-6-21)14-34-25-18-40(19-25)26-9-7-22(8-10-26)27-11-12-29(41)37-31(27)42/h3-10,15,23-25,27,34,36H,11-14,16-19H2,1-2H3,(H,37,41,42). The Morgan fingerprint density at radius 1 is 0.930 bits per heavy atom. The normalized spacial score (nSPS) is 23.1. The number of likely N-dealkylation sites (N-methyl/N-ethyl adjacent to an activating group) is 1. The van der Waals surface area contributed by atoms with Crippen molar-refractivity contribution >= 4 is 39.1 Å². The SMILES string of the molecule is CN1CC(Nc2cnn(C)c(=O)c2Br)CC(c2ccc(CNC3CN(c4ccc(C5CCC(=O)NC5=O)cc4)C3)cc2)C1. The number of piperidine rings is 2. The number of rotatable bonds is 8. The summed E-state index contributed by atoms with van der Waals surface area (Å²) in [4.78, 5) is 40.5. The molecule has 6 rings (SSSR count). The van der Waals surface area contributed by atoms with E-state index in [0.29, 0.717) is 29.3 Å². The molecule has 11 heteroatoms. The highest BCUT2D eigenvalue weighted by Crippen LogP contribution is 2.30. The Morgan fingerprint density at radius 2 is 1.65 bits per heavy atom. The average Bonchev–Trinajstić information content (AvgIpc) is 2.97. The highest BCUT2D eigenvalue weighted by molar-refractivity contribution is 9.10. The molecule has 3 saturated heterocycles. The van der Waals surface area contributed by atoms with Crippen molar-refractivity contribution in [3.63, 3.8) is 0 Å². The summed E-state index contributed by atoms with van der Waals surface area (Å²) in [6.45, 7) is 4.61. The fourth-order valence-electron chi connectivity index (χ4n) is 6.41. The number of halogens is 1. The number of imide groups is 1. The summed E-state index contributed by atoms with van der Waals surface area (Å²) in [5, 5.41) is 13.8. The van der Waals surface area contributed by atoms with Crippen LogP contribution in [0.5, 0.6) is 0 Å². The lowest BCUT2D eigenvalue weighted by Gasteiger charge is -2.41. The van der Waals surface area contributed by atoms with E-state index in [9.17, 15) is 14.4 Å². The van der Waals surface area contributed by atoms with Crippen molar-refractivity contribution < 1.29 is 9.59 Å². The van der Waals surface area contributed by atoms with Crippen LogP contribution in [0.2, 0.25) is 0 Å². The quantitative estimate of drug-likeness (QED) is 0.320. The molecule has 43 heavy (non-hydrogen) atoms. The van der Waals surface area contributed by atoms with Gasteiger partial charge in [0.1, 0.15) is 4.47 Å². The number of carbonyl (C=O) groups is 2. The van der Waals surface area contributed by atoms with Crippen molar-refractivity contribution in [2.45, 2.75) is 49.7 Å². The zero-order chi connectivity index (χ0) is 30.1. The van der Waals surface area contributed by atoms with E-state index in [-0.39, 0.29) is 29.3 Å². The van der Waals surface area contributed by atoms with Gasteiger partial charge in [-0.15, -0.1) is 0 Å². The maximum absolute atomic E-state index is 12.3. The number of aryl methyl sites for hydroxylation is 1. The second-order valence-electron chi connectivity index (χ2n) is 12.1. The number of nitrogens with one attached hydrogen (secondary N) is 3. The molecule has 3 N–H and O–H groups in total. The van der Waals surface area contributed by atoms with Crippen LogP contribution in [0.1, 0.15) is 47.8 Å². The van der Waals surface area contributed by atoms with Gasteiger partial charge in [-0.3, -0.25) is 19.7 Å². The van der Waals surface area contributed by atoms with Gasteiger partial charge >= 0.3 is 0 Å². The van der Waals surface area contributed by atoms with Crippen LogP contribution in [0.4, 0.5) is 11.4 Å². The second kappa shape index (κ2) is 12.6. The highest BCUT2D eigenvalue weighted by atomic mass is 79.9. The molecule has 10 nitrogen and oxygen atoms in total. The molecule has 3 aliphatic rings. The topological polar surface area (TPSA) is 112 Å². The Hall–Kier alpha value is -3.54. The lowest BCUT2D eigenvalue weighted by molar-refractivity contribution is -0.134. The third-order valence-corrected chi connectivity index (χ3v) is 9.66. The maximum Gasteiger partial charge on any atom is 0.282 e. The van der Waals surface area contributed by atoms with E-state index in [1.165, 1.54) is 15.8 Å². The van der Waals surface area contributed by atoms with Gasteiger partial charge in [0, 0.05) is 64.0 Å². The minimum atomic E-state index is -0.243. The van der Waals surface area contributed by atoms with Gasteiger partial charge in [-0.1, -0.05) is 36.4 Å². The Kier molecular flexibility index (Phi) is 8.65. The molecular formula is C32H38BrN7O3. The molecule has 3 aliphatic heterocycles. The van der Waals surface area contributed by atoms with Crippen LogP contribution in [0.25, 0.3) is 0 Å². The van der Waals surface area contributed by atoms with Crippen molar-refractivity contribution in [2.75, 3.05) is 43.4 Å². The van der Waals surface area contributed by atoms with E-state index in [1.807, 2.05) is 12.1 Å². The molecule has 1 aromatic heterocycles. The van der Waals surface area contributed by atoms with E-state index < -0.39 is 0 Å². The molecule has 0 radical (unpaired) electrons. The number of aromatic nitrogens is 2. The Bertz CT molecular complexity index is 1540. The predicted molar refractivity (Wildman–Crippen MR) is 170 cm³/mol. The first kappa shape index (κ1) is 29.5. The van der Waals surface area contributed by atoms with Crippen molar-refractivity contribution in [3.8, 4) is 0 Å². The Labute approximate surface area is 260 Å². The molecule has 3 atom stereocenters. The minimum absolute atomic E-state index is 0.148. The molecule has 3 aromatic rings. The number of benzene rings is 2. The summed E-state index contributed by atoms with van der Waals surface area (Å²) in [7, 11) is 3.79. The van der Waals surface area contributed by atoms with Gasteiger partial charge in [-0.25, -0.2) is 4.68 Å². The molecule has 0 aliphatic carbocycles. The van der Waals surface area contributed by atoms with Crippen LogP contribution in [-0.4, -0.2) is 71.8 Å². The summed E-state index contributed by atoms with van der Waals surface area (Å²) in [6, 6.07) is 17.8. The molecule has 2 amide bonds. The smallest absolute Gasteiger partial charge is 0.282 e. The zero-order valence-corrected chi connectivity index (χ0v) is 26.1. The molecule has 0 spiro atoms. The van der Waals surface area contributed by atoms with Crippen LogP contribution in [0.3, 0.4) is 0 Å². The number of hydrogen-bond acceptors (Lipinski definition) is 8. The molecule has 0 saturated carbocycles. The van der Waals surface area contributed by atoms with Crippen molar-refractivity contribution in [1.29, 1.82) is 0 Å². The van der Waals surface area contributed by atoms with Crippen molar-refractivity contribution in [3.05, 3.63) is 86.2 Å². The van der Waals surface area contributed by atoms with Gasteiger partial charge in [0.05, 0.1) is 17.8 Å². The van der Waals surface area contributed by atoms with Gasteiger partial charge < -0.3 is 20.4 Å². The average molecular weight is 649 g/mol. The van der Waals surface area contributed by atoms with Crippen LogP contribution in [0.15, 0.2) is 64.0 Å². The number of amides is 2. The first-order valence-electron chi connectivity index (χ1n) is 14.9. The summed E-state index contributed by atoms with van der Waals surface area (Å²) in [5.74, 6) is -0.218. The van der Waals surface area contributed by atoms with Gasteiger partial charge in [-0.2, -0.15) is 5.10 Å². The molecule has 2 aromatic carbocycles. The molecule has 4 heterocycles. The first-order valence-corrected chi connectivity index (χ1v) is 15.7. The molecule has 3 unspecified atom stereocenters. The van der Waals surface area contributed by atoms with E-state index in [0.717, 1.165) is 56.1 Å². The van der Waals surface area contributed by atoms with E-state index in [2.05, 4.69) is 90.2 Å². The van der Waals surface area contributed by atoms with Gasteiger partial charge in [-0.05, 0) is 70.6 Å². The number of carbonyl (C=O) groups excluding carboxylic acids is 2. The number of hydrogen-bond donors (Lipinski definition) is 3. The van der Waals surface area contributed by atoms with E-state index in [1.54, 1.807) is 13.2 Å². The number of anilines is 2. The Morgan fingerprint density at radius 3 is 2.37 bits per heavy atom. The van der Waals surface area contributed by atoms with Crippen LogP contribution in [0, 0.1) is 0 Å². The van der Waals surface area contributed by atoms with E-state index >= 15 is 0 Å². The lowest BCUT2D eigenvalue weighted by Crippen LogP contribution is -2.57. The third kappa shape index (κ3) is 6.68. The molecule has 226 valence electrons. The maximum atomic E-state index is 12.3. The first-order chi connectivity index (χ1) is 20.7. The minimum Gasteiger partial charge on any atom is -0.379 e. The lowest BCUT2D eigenvalue weighted by atomic mass is 9.87. The number of nitrogens with zero attached hydrogens (tertiary/aromatic N) is 4. The largest absolute Gasteiger partial charge is 0.379 e. The van der Waals surface area contributed by atoms with Crippen molar-refractivity contribution in [1.82, 2.24) is 25.3 Å². The van der Waals surface area contributed by atoms with Crippen LogP contribution < -0.4 is 26.4 Å². The summed E-state index contributed by atoms with van der Waals surface area (Å²) >= 11 is 3.43. The van der Waals surface area contributed by atoms with Gasteiger partial charge in [0.25, 0.3) is 5.56 Å². The van der Waals surface area contributed by atoms with Crippen LogP contribution in [-0.2, 0) is 23.2 Å². The Balaban J connectivity index is 0.974. The van der Waals surface area contributed by atoms with E-state index in [4.69, 9.17) is 0 Å². The fraction of sp³-hybridized carbons (Fsp3) is 0.438. The number of likely N-dealkylation sites (tertiary alicyclic amines) is 1. The summed E-state index contributed by atoms with van der Waals surface area (Å²) < 4.78 is 1.84. The molecular weight excluding hydrogens is 610 g/mol. The zero-order valence-electron chi connectivity index (χ0n) is 24.6. The van der Waals surface area contributed by atoms with Crippen LogP contribution >= 0.6 is 15.9 Å². The third-order valence-electron chi connectivity index (χ3n) is 8.90. The summed E-state index contributed by atoms with van der Waals surface area (Å²) in [5.41, 5.74) is 5.31. The summed E-state index contributed by atoms with van der Waals surface area (Å²) in [6.07, 6.45) is 3.66. The predicted octanol–water partition coefficient (Wildman–Crippen LogP) is 2.94. The van der Waals surface area contributed by atoms with Crippen molar-refractivity contribution in [2.24, 2.45) is 7.05 Å². The van der Waals surface area contributed by atoms with Gasteiger partial charge in [0.15, 0.2) is 0 Å². The fourth-order valence-corrected chi connectivity index (χ4v) is 6.89. The molecule has 0 bridgehead atoms. The monoisotopic (exact) mass is 647 g/mol.